The van der Waals surface area contributed by atoms with E-state index in [-0.39, 0.29) is 18.1 Å². The Labute approximate surface area is 118 Å². The van der Waals surface area contributed by atoms with Gasteiger partial charge in [-0.15, -0.1) is 0 Å². The number of hydrogen-bond donors (Lipinski definition) is 0. The van der Waals surface area contributed by atoms with Gasteiger partial charge in [-0.2, -0.15) is 0 Å². The predicted octanol–water partition coefficient (Wildman–Crippen LogP) is 2.13. The number of hydrogen-bond acceptors (Lipinski definition) is 4. The Kier molecular flexibility index (Phi) is 5.09. The van der Waals surface area contributed by atoms with Crippen molar-refractivity contribution in [3.63, 3.8) is 0 Å². The van der Waals surface area contributed by atoms with Crippen LogP contribution in [0.25, 0.3) is 0 Å². The van der Waals surface area contributed by atoms with Crippen LogP contribution in [-0.2, 0) is 4.74 Å². The third kappa shape index (κ3) is 3.55. The first-order valence-corrected chi connectivity index (χ1v) is 6.76. The van der Waals surface area contributed by atoms with Crippen LogP contribution >= 0.6 is 0 Å². The smallest absolute Gasteiger partial charge is 0.176 e. The monoisotopic (exact) mass is 281 g/mol. The van der Waals surface area contributed by atoms with E-state index in [0.29, 0.717) is 11.6 Å². The molecule has 4 nitrogen and oxygen atoms in total. The number of nitrogens with zero attached hydrogens (tertiary/aromatic N) is 1. The Morgan fingerprint density at radius 1 is 1.45 bits per heavy atom. The maximum absolute atomic E-state index is 13.6. The fourth-order valence-electron chi connectivity index (χ4n) is 2.41. The Bertz CT molecular complexity index is 472. The summed E-state index contributed by atoms with van der Waals surface area (Å²) >= 11 is 0. The molecule has 1 aromatic rings. The van der Waals surface area contributed by atoms with E-state index in [1.54, 1.807) is 6.07 Å². The van der Waals surface area contributed by atoms with Gasteiger partial charge in [0.1, 0.15) is 0 Å². The SMILES string of the molecule is COc1ccc(C(=O)CN(C)C2CCOCC2)cc1F. The second-order valence-corrected chi connectivity index (χ2v) is 5.03. The first kappa shape index (κ1) is 14.9. The number of benzene rings is 1. The van der Waals surface area contributed by atoms with Crippen LogP contribution in [-0.4, -0.2) is 50.6 Å². The molecule has 1 aliphatic rings. The van der Waals surface area contributed by atoms with Gasteiger partial charge >= 0.3 is 0 Å². The van der Waals surface area contributed by atoms with Crippen LogP contribution in [0.4, 0.5) is 4.39 Å². The molecule has 0 saturated carbocycles. The predicted molar refractivity (Wildman–Crippen MR) is 73.8 cm³/mol. The standard InChI is InChI=1S/C15H20FNO3/c1-17(12-5-7-20-8-6-12)10-14(18)11-3-4-15(19-2)13(16)9-11/h3-4,9,12H,5-8,10H2,1-2H3. The summed E-state index contributed by atoms with van der Waals surface area (Å²) in [5.41, 5.74) is 0.377. The third-order valence-electron chi connectivity index (χ3n) is 3.68. The van der Waals surface area contributed by atoms with Gasteiger partial charge in [-0.05, 0) is 38.1 Å². The highest BCUT2D eigenvalue weighted by Crippen LogP contribution is 2.19. The van der Waals surface area contributed by atoms with Crippen LogP contribution in [0, 0.1) is 5.82 Å². The molecule has 0 spiro atoms. The zero-order valence-electron chi connectivity index (χ0n) is 11.9. The number of Topliss-reactive ketones (excluding diaryl/α,β-unsaturated/α-hetero) is 1. The number of ketones is 1. The largest absolute Gasteiger partial charge is 0.494 e. The normalized spacial score (nSPS) is 16.4. The van der Waals surface area contributed by atoms with Gasteiger partial charge in [0.25, 0.3) is 0 Å². The minimum Gasteiger partial charge on any atom is -0.494 e. The van der Waals surface area contributed by atoms with E-state index in [0.717, 1.165) is 26.1 Å². The third-order valence-corrected chi connectivity index (χ3v) is 3.68. The summed E-state index contributed by atoms with van der Waals surface area (Å²) < 4.78 is 23.7. The van der Waals surface area contributed by atoms with E-state index >= 15 is 0 Å². The lowest BCUT2D eigenvalue weighted by Gasteiger charge is -2.30. The quantitative estimate of drug-likeness (QED) is 0.775. The maximum Gasteiger partial charge on any atom is 0.176 e. The van der Waals surface area contributed by atoms with Crippen LogP contribution < -0.4 is 4.74 Å². The van der Waals surface area contributed by atoms with E-state index in [1.807, 2.05) is 11.9 Å². The second kappa shape index (κ2) is 6.81. The molecule has 1 aromatic carbocycles. The van der Waals surface area contributed by atoms with Gasteiger partial charge < -0.3 is 9.47 Å². The van der Waals surface area contributed by atoms with Gasteiger partial charge in [0, 0.05) is 24.8 Å². The Balaban J connectivity index is 1.98. The van der Waals surface area contributed by atoms with Crippen molar-refractivity contribution in [2.45, 2.75) is 18.9 Å². The van der Waals surface area contributed by atoms with Gasteiger partial charge in [-0.3, -0.25) is 9.69 Å². The first-order valence-electron chi connectivity index (χ1n) is 6.76. The number of carbonyl (C=O) groups is 1. The van der Waals surface area contributed by atoms with Crippen molar-refractivity contribution >= 4 is 5.78 Å². The van der Waals surface area contributed by atoms with Gasteiger partial charge in [0.05, 0.1) is 13.7 Å². The minimum atomic E-state index is -0.507. The molecule has 0 aliphatic carbocycles. The minimum absolute atomic E-state index is 0.0828. The fourth-order valence-corrected chi connectivity index (χ4v) is 2.41. The number of methoxy groups -OCH3 is 1. The first-order chi connectivity index (χ1) is 9.61. The van der Waals surface area contributed by atoms with E-state index in [9.17, 15) is 9.18 Å². The molecule has 0 radical (unpaired) electrons. The number of halogens is 1. The lowest BCUT2D eigenvalue weighted by atomic mass is 10.1. The van der Waals surface area contributed by atoms with Crippen molar-refractivity contribution in [3.8, 4) is 5.75 Å². The lowest BCUT2D eigenvalue weighted by Crippen LogP contribution is -2.39. The molecule has 1 aliphatic heterocycles. The van der Waals surface area contributed by atoms with Crippen molar-refractivity contribution in [2.24, 2.45) is 0 Å². The molecule has 1 saturated heterocycles. The zero-order chi connectivity index (χ0) is 14.5. The van der Waals surface area contributed by atoms with Crippen molar-refractivity contribution in [2.75, 3.05) is 33.9 Å². The Morgan fingerprint density at radius 2 is 2.15 bits per heavy atom. The summed E-state index contributed by atoms with van der Waals surface area (Å²) in [6, 6.07) is 4.67. The molecule has 0 bridgehead atoms. The zero-order valence-corrected chi connectivity index (χ0v) is 11.9. The van der Waals surface area contributed by atoms with Gasteiger partial charge in [0.2, 0.25) is 0 Å². The fraction of sp³-hybridized carbons (Fsp3) is 0.533. The highest BCUT2D eigenvalue weighted by molar-refractivity contribution is 5.97. The van der Waals surface area contributed by atoms with Crippen molar-refractivity contribution in [1.29, 1.82) is 0 Å². The topological polar surface area (TPSA) is 38.8 Å². The average molecular weight is 281 g/mol. The van der Waals surface area contributed by atoms with Crippen LogP contribution in [0.5, 0.6) is 5.75 Å². The van der Waals surface area contributed by atoms with E-state index < -0.39 is 5.82 Å². The Hall–Kier alpha value is -1.46. The molecule has 110 valence electrons. The summed E-state index contributed by atoms with van der Waals surface area (Å²) in [6.07, 6.45) is 1.86. The summed E-state index contributed by atoms with van der Waals surface area (Å²) in [4.78, 5) is 14.2. The van der Waals surface area contributed by atoms with Gasteiger partial charge in [-0.25, -0.2) is 4.39 Å². The van der Waals surface area contributed by atoms with Crippen LogP contribution in [0.2, 0.25) is 0 Å². The van der Waals surface area contributed by atoms with E-state index in [4.69, 9.17) is 9.47 Å². The number of ether oxygens (including phenoxy) is 2. The molecule has 2 rings (SSSR count). The molecule has 0 amide bonds. The molecular weight excluding hydrogens is 261 g/mol. The van der Waals surface area contributed by atoms with E-state index in [2.05, 4.69) is 0 Å². The second-order valence-electron chi connectivity index (χ2n) is 5.03. The van der Waals surface area contributed by atoms with E-state index in [1.165, 1.54) is 19.2 Å². The molecule has 1 heterocycles. The van der Waals surface area contributed by atoms with Crippen molar-refractivity contribution in [1.82, 2.24) is 4.90 Å². The van der Waals surface area contributed by atoms with Crippen LogP contribution in [0.15, 0.2) is 18.2 Å². The van der Waals surface area contributed by atoms with Gasteiger partial charge in [-0.1, -0.05) is 0 Å². The molecule has 5 heteroatoms. The molecule has 0 aromatic heterocycles. The molecule has 20 heavy (non-hydrogen) atoms. The summed E-state index contributed by atoms with van der Waals surface area (Å²) in [5, 5.41) is 0. The number of rotatable bonds is 5. The molecular formula is C15H20FNO3. The highest BCUT2D eigenvalue weighted by atomic mass is 19.1. The Morgan fingerprint density at radius 3 is 2.75 bits per heavy atom. The molecule has 0 atom stereocenters. The van der Waals surface area contributed by atoms with Crippen LogP contribution in [0.1, 0.15) is 23.2 Å². The van der Waals surface area contributed by atoms with Crippen molar-refractivity contribution in [3.05, 3.63) is 29.6 Å². The maximum atomic E-state index is 13.6. The summed E-state index contributed by atoms with van der Waals surface area (Å²) in [7, 11) is 3.33. The highest BCUT2D eigenvalue weighted by Gasteiger charge is 2.21. The molecule has 1 fully saturated rings. The number of carbonyl (C=O) groups excluding carboxylic acids is 1. The lowest BCUT2D eigenvalue weighted by molar-refractivity contribution is 0.0418. The molecule has 0 unspecified atom stereocenters. The van der Waals surface area contributed by atoms with Crippen LogP contribution in [0.3, 0.4) is 0 Å². The van der Waals surface area contributed by atoms with Crippen molar-refractivity contribution < 1.29 is 18.7 Å². The van der Waals surface area contributed by atoms with Gasteiger partial charge in [0.15, 0.2) is 17.3 Å². The summed E-state index contributed by atoms with van der Waals surface area (Å²) in [5.74, 6) is -0.438. The average Bonchev–Trinajstić information content (AvgIpc) is 2.48. The summed E-state index contributed by atoms with van der Waals surface area (Å²) in [6.45, 7) is 1.76. The molecule has 0 N–H and O–H groups in total. The number of likely N-dealkylation sites (N-methyl/N-ethyl adjacent to an activating group) is 1.